The summed E-state index contributed by atoms with van der Waals surface area (Å²) in [7, 11) is 0. The predicted molar refractivity (Wildman–Crippen MR) is 84.3 cm³/mol. The SMILES string of the molecule is CC1CCCN(c2cc(CNC3CC3)c(Cl)cn2)CC1. The van der Waals surface area contributed by atoms with Crippen molar-refractivity contribution in [2.45, 2.75) is 51.6 Å². The second kappa shape index (κ2) is 6.31. The van der Waals surface area contributed by atoms with Gasteiger partial charge in [-0.15, -0.1) is 0 Å². The normalized spacial score (nSPS) is 23.7. The highest BCUT2D eigenvalue weighted by molar-refractivity contribution is 6.31. The summed E-state index contributed by atoms with van der Waals surface area (Å²) in [6, 6.07) is 2.88. The molecule has 1 saturated heterocycles. The first-order valence-electron chi connectivity index (χ1n) is 7.85. The van der Waals surface area contributed by atoms with Crippen molar-refractivity contribution in [1.29, 1.82) is 0 Å². The average molecular weight is 294 g/mol. The van der Waals surface area contributed by atoms with Gasteiger partial charge in [-0.2, -0.15) is 0 Å². The molecule has 2 heterocycles. The van der Waals surface area contributed by atoms with Gasteiger partial charge in [0.25, 0.3) is 0 Å². The Morgan fingerprint density at radius 2 is 2.15 bits per heavy atom. The van der Waals surface area contributed by atoms with E-state index in [9.17, 15) is 0 Å². The number of halogens is 1. The van der Waals surface area contributed by atoms with Crippen molar-refractivity contribution in [3.63, 3.8) is 0 Å². The minimum Gasteiger partial charge on any atom is -0.357 e. The van der Waals surface area contributed by atoms with Gasteiger partial charge >= 0.3 is 0 Å². The summed E-state index contributed by atoms with van der Waals surface area (Å²) in [6.07, 6.45) is 8.29. The molecule has 1 aromatic heterocycles. The van der Waals surface area contributed by atoms with Gasteiger partial charge in [0.2, 0.25) is 0 Å². The van der Waals surface area contributed by atoms with Crippen molar-refractivity contribution in [2.24, 2.45) is 5.92 Å². The molecule has 0 radical (unpaired) electrons. The Balaban J connectivity index is 1.69. The molecule has 3 nitrogen and oxygen atoms in total. The first kappa shape index (κ1) is 14.2. The van der Waals surface area contributed by atoms with Gasteiger partial charge in [-0.3, -0.25) is 0 Å². The van der Waals surface area contributed by atoms with Crippen molar-refractivity contribution in [3.8, 4) is 0 Å². The monoisotopic (exact) mass is 293 g/mol. The quantitative estimate of drug-likeness (QED) is 0.919. The third-order valence-corrected chi connectivity index (χ3v) is 4.76. The number of aromatic nitrogens is 1. The maximum atomic E-state index is 6.27. The van der Waals surface area contributed by atoms with Gasteiger partial charge in [-0.05, 0) is 49.7 Å². The Kier molecular flexibility index (Phi) is 4.47. The van der Waals surface area contributed by atoms with Crippen LogP contribution in [0.3, 0.4) is 0 Å². The van der Waals surface area contributed by atoms with Gasteiger partial charge in [-0.25, -0.2) is 4.98 Å². The number of rotatable bonds is 4. The Labute approximate surface area is 126 Å². The van der Waals surface area contributed by atoms with Crippen LogP contribution in [0.4, 0.5) is 5.82 Å². The molecule has 1 atom stereocenters. The fraction of sp³-hybridized carbons (Fsp3) is 0.688. The lowest BCUT2D eigenvalue weighted by Crippen LogP contribution is -2.25. The topological polar surface area (TPSA) is 28.2 Å². The summed E-state index contributed by atoms with van der Waals surface area (Å²) in [5.74, 6) is 1.93. The first-order chi connectivity index (χ1) is 9.72. The molecule has 0 amide bonds. The van der Waals surface area contributed by atoms with E-state index in [0.717, 1.165) is 36.4 Å². The molecule has 2 aliphatic rings. The molecule has 2 fully saturated rings. The summed E-state index contributed by atoms with van der Waals surface area (Å²) in [4.78, 5) is 6.96. The van der Waals surface area contributed by atoms with E-state index in [1.54, 1.807) is 0 Å². The molecule has 4 heteroatoms. The first-order valence-corrected chi connectivity index (χ1v) is 8.23. The average Bonchev–Trinajstić information content (AvgIpc) is 3.26. The van der Waals surface area contributed by atoms with Gasteiger partial charge in [-0.1, -0.05) is 18.5 Å². The third-order valence-electron chi connectivity index (χ3n) is 4.42. The van der Waals surface area contributed by atoms with Crippen molar-refractivity contribution in [3.05, 3.63) is 22.8 Å². The molecule has 1 N–H and O–H groups in total. The largest absolute Gasteiger partial charge is 0.357 e. The summed E-state index contributed by atoms with van der Waals surface area (Å²) in [5, 5.41) is 4.32. The second-order valence-corrected chi connectivity index (χ2v) is 6.72. The molecule has 1 aromatic rings. The highest BCUT2D eigenvalue weighted by Crippen LogP contribution is 2.26. The van der Waals surface area contributed by atoms with E-state index in [0.29, 0.717) is 6.04 Å². The zero-order chi connectivity index (χ0) is 13.9. The molecule has 1 saturated carbocycles. The van der Waals surface area contributed by atoms with Gasteiger partial charge in [0.1, 0.15) is 5.82 Å². The lowest BCUT2D eigenvalue weighted by atomic mass is 10.0. The number of anilines is 1. The van der Waals surface area contributed by atoms with Crippen molar-refractivity contribution in [2.75, 3.05) is 18.0 Å². The summed E-state index contributed by atoms with van der Waals surface area (Å²) in [5.41, 5.74) is 1.18. The summed E-state index contributed by atoms with van der Waals surface area (Å²) < 4.78 is 0. The van der Waals surface area contributed by atoms with E-state index in [1.165, 1.54) is 37.7 Å². The molecule has 20 heavy (non-hydrogen) atoms. The van der Waals surface area contributed by atoms with Crippen LogP contribution in [-0.4, -0.2) is 24.1 Å². The van der Waals surface area contributed by atoms with Crippen LogP contribution >= 0.6 is 11.6 Å². The zero-order valence-corrected chi connectivity index (χ0v) is 13.0. The van der Waals surface area contributed by atoms with Crippen LogP contribution in [0.5, 0.6) is 0 Å². The van der Waals surface area contributed by atoms with Crippen molar-refractivity contribution in [1.82, 2.24) is 10.3 Å². The Hall–Kier alpha value is -0.800. The number of pyridine rings is 1. The van der Waals surface area contributed by atoms with E-state index in [1.807, 2.05) is 6.20 Å². The van der Waals surface area contributed by atoms with Crippen LogP contribution < -0.4 is 10.2 Å². The highest BCUT2D eigenvalue weighted by atomic mass is 35.5. The van der Waals surface area contributed by atoms with E-state index < -0.39 is 0 Å². The third kappa shape index (κ3) is 3.64. The number of hydrogen-bond donors (Lipinski definition) is 1. The molecule has 1 aliphatic carbocycles. The maximum absolute atomic E-state index is 6.27. The molecule has 1 aliphatic heterocycles. The van der Waals surface area contributed by atoms with E-state index in [-0.39, 0.29) is 0 Å². The number of hydrogen-bond acceptors (Lipinski definition) is 3. The maximum Gasteiger partial charge on any atom is 0.128 e. The minimum absolute atomic E-state index is 0.710. The van der Waals surface area contributed by atoms with Crippen LogP contribution in [-0.2, 0) is 6.54 Å². The molecule has 110 valence electrons. The van der Waals surface area contributed by atoms with Crippen LogP contribution in [0.15, 0.2) is 12.3 Å². The van der Waals surface area contributed by atoms with E-state index >= 15 is 0 Å². The van der Waals surface area contributed by atoms with Gasteiger partial charge in [0.05, 0.1) is 5.02 Å². The fourth-order valence-corrected chi connectivity index (χ4v) is 2.98. The van der Waals surface area contributed by atoms with Crippen LogP contribution in [0.25, 0.3) is 0 Å². The Bertz CT molecular complexity index is 459. The molecular weight excluding hydrogens is 270 g/mol. The smallest absolute Gasteiger partial charge is 0.128 e. The van der Waals surface area contributed by atoms with Crippen LogP contribution in [0.1, 0.15) is 44.6 Å². The lowest BCUT2D eigenvalue weighted by molar-refractivity contribution is 0.521. The van der Waals surface area contributed by atoms with E-state index in [4.69, 9.17) is 11.6 Å². The second-order valence-electron chi connectivity index (χ2n) is 6.31. The van der Waals surface area contributed by atoms with Crippen LogP contribution in [0.2, 0.25) is 5.02 Å². The highest BCUT2D eigenvalue weighted by Gasteiger charge is 2.21. The summed E-state index contributed by atoms with van der Waals surface area (Å²) >= 11 is 6.27. The minimum atomic E-state index is 0.710. The van der Waals surface area contributed by atoms with Gasteiger partial charge in [0, 0.05) is 31.9 Å². The zero-order valence-electron chi connectivity index (χ0n) is 12.2. The lowest BCUT2D eigenvalue weighted by Gasteiger charge is -2.22. The molecule has 1 unspecified atom stereocenters. The molecule has 0 aromatic carbocycles. The number of nitrogens with zero attached hydrogens (tertiary/aromatic N) is 2. The molecular formula is C16H24ClN3. The van der Waals surface area contributed by atoms with E-state index in [2.05, 4.69) is 28.2 Å². The standard InChI is InChI=1S/C16H24ClN3/c1-12-3-2-7-20(8-6-12)16-9-13(15(17)11-19-16)10-18-14-4-5-14/h9,11-12,14,18H,2-8,10H2,1H3. The van der Waals surface area contributed by atoms with Gasteiger partial charge < -0.3 is 10.2 Å². The summed E-state index contributed by atoms with van der Waals surface area (Å²) in [6.45, 7) is 5.45. The molecule has 0 spiro atoms. The fourth-order valence-electron chi connectivity index (χ4n) is 2.81. The predicted octanol–water partition coefficient (Wildman–Crippen LogP) is 3.61. The van der Waals surface area contributed by atoms with Crippen LogP contribution in [0, 0.1) is 5.92 Å². The Morgan fingerprint density at radius 1 is 1.30 bits per heavy atom. The van der Waals surface area contributed by atoms with Gasteiger partial charge in [0.15, 0.2) is 0 Å². The van der Waals surface area contributed by atoms with Crippen molar-refractivity contribution < 1.29 is 0 Å². The van der Waals surface area contributed by atoms with Crippen molar-refractivity contribution >= 4 is 17.4 Å². The molecule has 0 bridgehead atoms. The molecule has 3 rings (SSSR count). The number of nitrogens with one attached hydrogen (secondary N) is 1. The Morgan fingerprint density at radius 3 is 2.95 bits per heavy atom.